The van der Waals surface area contributed by atoms with Crippen LogP contribution in [-0.2, 0) is 11.2 Å². The molecule has 7 nitrogen and oxygen atoms in total. The number of aromatic nitrogens is 2. The van der Waals surface area contributed by atoms with Crippen molar-refractivity contribution >= 4 is 11.8 Å². The Balaban J connectivity index is 1.34. The van der Waals surface area contributed by atoms with Crippen LogP contribution < -0.4 is 5.32 Å². The molecule has 0 unspecified atom stereocenters. The van der Waals surface area contributed by atoms with E-state index in [2.05, 4.69) is 29.3 Å². The highest BCUT2D eigenvalue weighted by molar-refractivity contribution is 6.00. The summed E-state index contributed by atoms with van der Waals surface area (Å²) >= 11 is 0. The van der Waals surface area contributed by atoms with Crippen molar-refractivity contribution in [3.8, 4) is 16.9 Å². The molecule has 1 aliphatic carbocycles. The standard InChI is InChI=1S/C27H31N5O2/c1-2-20-8-10-21(11-9-20)26-24(18-32(29-26)23-6-4-3-5-7-23)27(34)31-16-14-30(15-17-31)19-25(33)28-22-12-13-22/h3-11,18,22H,2,12-17,19H2,1H3,(H,28,33). The second-order valence-corrected chi connectivity index (χ2v) is 9.13. The van der Waals surface area contributed by atoms with Crippen LogP contribution in [0.5, 0.6) is 0 Å². The van der Waals surface area contributed by atoms with Crippen LogP contribution in [0.25, 0.3) is 16.9 Å². The van der Waals surface area contributed by atoms with Gasteiger partial charge in [-0.25, -0.2) is 4.68 Å². The third-order valence-electron chi connectivity index (χ3n) is 6.57. The van der Waals surface area contributed by atoms with Crippen molar-refractivity contribution in [1.82, 2.24) is 24.9 Å². The third-order valence-corrected chi connectivity index (χ3v) is 6.57. The Labute approximate surface area is 200 Å². The normalized spacial score (nSPS) is 16.4. The number of aryl methyl sites for hydroxylation is 1. The fourth-order valence-electron chi connectivity index (χ4n) is 4.34. The van der Waals surface area contributed by atoms with E-state index in [1.165, 1.54) is 5.56 Å². The number of carbonyl (C=O) groups excluding carboxylic acids is 2. The zero-order valence-corrected chi connectivity index (χ0v) is 19.6. The summed E-state index contributed by atoms with van der Waals surface area (Å²) in [6, 6.07) is 18.5. The molecular weight excluding hydrogens is 426 g/mol. The molecule has 3 aromatic rings. The number of rotatable bonds is 7. The molecule has 2 fully saturated rings. The number of benzene rings is 2. The predicted molar refractivity (Wildman–Crippen MR) is 132 cm³/mol. The van der Waals surface area contributed by atoms with Crippen molar-refractivity contribution in [1.29, 1.82) is 0 Å². The molecule has 34 heavy (non-hydrogen) atoms. The maximum atomic E-state index is 13.6. The van der Waals surface area contributed by atoms with Crippen LogP contribution in [-0.4, -0.2) is 70.2 Å². The Hall–Kier alpha value is -3.45. The van der Waals surface area contributed by atoms with E-state index in [-0.39, 0.29) is 11.8 Å². The number of nitrogens with one attached hydrogen (secondary N) is 1. The van der Waals surface area contributed by atoms with Crippen molar-refractivity contribution in [2.24, 2.45) is 0 Å². The molecule has 0 atom stereocenters. The van der Waals surface area contributed by atoms with E-state index in [9.17, 15) is 9.59 Å². The number of nitrogens with zero attached hydrogens (tertiary/aromatic N) is 4. The molecule has 2 aromatic carbocycles. The van der Waals surface area contributed by atoms with E-state index >= 15 is 0 Å². The number of para-hydroxylation sites is 1. The van der Waals surface area contributed by atoms with E-state index in [1.54, 1.807) is 4.68 Å². The molecule has 0 bridgehead atoms. The molecule has 176 valence electrons. The van der Waals surface area contributed by atoms with Gasteiger partial charge in [0.25, 0.3) is 5.91 Å². The molecule has 7 heteroatoms. The Bertz CT molecular complexity index is 1140. The second kappa shape index (κ2) is 9.81. The Morgan fingerprint density at radius 1 is 0.971 bits per heavy atom. The highest BCUT2D eigenvalue weighted by Gasteiger charge is 2.28. The van der Waals surface area contributed by atoms with Crippen molar-refractivity contribution in [3.63, 3.8) is 0 Å². The van der Waals surface area contributed by atoms with Crippen LogP contribution in [0.15, 0.2) is 60.8 Å². The maximum absolute atomic E-state index is 13.6. The second-order valence-electron chi connectivity index (χ2n) is 9.13. The summed E-state index contributed by atoms with van der Waals surface area (Å²) in [5, 5.41) is 7.86. The first-order valence-electron chi connectivity index (χ1n) is 12.2. The molecule has 1 aliphatic heterocycles. The minimum Gasteiger partial charge on any atom is -0.352 e. The lowest BCUT2D eigenvalue weighted by Crippen LogP contribution is -2.51. The van der Waals surface area contributed by atoms with Crippen molar-refractivity contribution in [2.75, 3.05) is 32.7 Å². The third kappa shape index (κ3) is 5.04. The summed E-state index contributed by atoms with van der Waals surface area (Å²) in [4.78, 5) is 29.8. The van der Waals surface area contributed by atoms with Crippen LogP contribution in [0, 0.1) is 0 Å². The molecule has 5 rings (SSSR count). The Morgan fingerprint density at radius 3 is 2.32 bits per heavy atom. The molecule has 2 aliphatic rings. The lowest BCUT2D eigenvalue weighted by molar-refractivity contribution is -0.122. The molecular formula is C27H31N5O2. The number of hydrogen-bond acceptors (Lipinski definition) is 4. The van der Waals surface area contributed by atoms with Gasteiger partial charge in [-0.05, 0) is 37.0 Å². The molecule has 1 saturated carbocycles. The average molecular weight is 458 g/mol. The van der Waals surface area contributed by atoms with Crippen LogP contribution in [0.1, 0.15) is 35.7 Å². The van der Waals surface area contributed by atoms with Gasteiger partial charge in [-0.2, -0.15) is 5.10 Å². The molecule has 0 spiro atoms. The van der Waals surface area contributed by atoms with Crippen LogP contribution >= 0.6 is 0 Å². The van der Waals surface area contributed by atoms with Crippen LogP contribution in [0.3, 0.4) is 0 Å². The van der Waals surface area contributed by atoms with Gasteiger partial charge in [0.2, 0.25) is 5.91 Å². The Kier molecular flexibility index (Phi) is 6.45. The van der Waals surface area contributed by atoms with Crippen LogP contribution in [0.2, 0.25) is 0 Å². The van der Waals surface area contributed by atoms with E-state index in [1.807, 2.05) is 53.6 Å². The number of piperazine rings is 1. The lowest BCUT2D eigenvalue weighted by atomic mass is 10.0. The summed E-state index contributed by atoms with van der Waals surface area (Å²) in [5.74, 6) is 0.0723. The SMILES string of the molecule is CCc1ccc(-c2nn(-c3ccccc3)cc2C(=O)N2CCN(CC(=O)NC3CC3)CC2)cc1. The van der Waals surface area contributed by atoms with Gasteiger partial charge in [0.15, 0.2) is 0 Å². The molecule has 1 N–H and O–H groups in total. The van der Waals surface area contributed by atoms with E-state index in [0.29, 0.717) is 50.0 Å². The number of amides is 2. The van der Waals surface area contributed by atoms with E-state index < -0.39 is 0 Å². The fraction of sp³-hybridized carbons (Fsp3) is 0.370. The van der Waals surface area contributed by atoms with E-state index in [0.717, 1.165) is 30.5 Å². The first-order chi connectivity index (χ1) is 16.6. The minimum absolute atomic E-state index is 0.0150. The zero-order valence-electron chi connectivity index (χ0n) is 19.6. The smallest absolute Gasteiger partial charge is 0.257 e. The molecule has 0 radical (unpaired) electrons. The van der Waals surface area contributed by atoms with Crippen molar-refractivity contribution in [2.45, 2.75) is 32.2 Å². The summed E-state index contributed by atoms with van der Waals surface area (Å²) < 4.78 is 1.79. The summed E-state index contributed by atoms with van der Waals surface area (Å²) in [6.07, 6.45) is 4.99. The first-order valence-corrected chi connectivity index (χ1v) is 12.2. The lowest BCUT2D eigenvalue weighted by Gasteiger charge is -2.34. The van der Waals surface area contributed by atoms with Gasteiger partial charge >= 0.3 is 0 Å². The van der Waals surface area contributed by atoms with Gasteiger partial charge in [-0.3, -0.25) is 14.5 Å². The quantitative estimate of drug-likeness (QED) is 0.592. The number of hydrogen-bond donors (Lipinski definition) is 1. The first kappa shape index (κ1) is 22.3. The van der Waals surface area contributed by atoms with Crippen molar-refractivity contribution in [3.05, 3.63) is 71.9 Å². The number of carbonyl (C=O) groups is 2. The van der Waals surface area contributed by atoms with Gasteiger partial charge in [-0.15, -0.1) is 0 Å². The summed E-state index contributed by atoms with van der Waals surface area (Å²) in [6.45, 7) is 5.11. The highest BCUT2D eigenvalue weighted by atomic mass is 16.2. The summed E-state index contributed by atoms with van der Waals surface area (Å²) in [5.41, 5.74) is 4.40. The van der Waals surface area contributed by atoms with Crippen LogP contribution in [0.4, 0.5) is 0 Å². The molecule has 2 heterocycles. The van der Waals surface area contributed by atoms with E-state index in [4.69, 9.17) is 5.10 Å². The van der Waals surface area contributed by atoms with Crippen molar-refractivity contribution < 1.29 is 9.59 Å². The highest BCUT2D eigenvalue weighted by Crippen LogP contribution is 2.26. The molecule has 1 aromatic heterocycles. The van der Waals surface area contributed by atoms with Gasteiger partial charge in [0.1, 0.15) is 5.69 Å². The Morgan fingerprint density at radius 2 is 1.68 bits per heavy atom. The summed E-state index contributed by atoms with van der Waals surface area (Å²) in [7, 11) is 0. The molecule has 1 saturated heterocycles. The fourth-order valence-corrected chi connectivity index (χ4v) is 4.34. The minimum atomic E-state index is -0.0150. The molecule has 2 amide bonds. The van der Waals surface area contributed by atoms with Gasteiger partial charge < -0.3 is 10.2 Å². The predicted octanol–water partition coefficient (Wildman–Crippen LogP) is 3.14. The van der Waals surface area contributed by atoms with Gasteiger partial charge in [0, 0.05) is 44.0 Å². The average Bonchev–Trinajstić information content (AvgIpc) is 3.58. The topological polar surface area (TPSA) is 70.5 Å². The monoisotopic (exact) mass is 457 g/mol. The largest absolute Gasteiger partial charge is 0.352 e. The van der Waals surface area contributed by atoms with Gasteiger partial charge in [-0.1, -0.05) is 49.4 Å². The zero-order chi connectivity index (χ0) is 23.5. The van der Waals surface area contributed by atoms with Gasteiger partial charge in [0.05, 0.1) is 17.8 Å². The maximum Gasteiger partial charge on any atom is 0.257 e.